The molecule has 0 aromatic carbocycles. The Kier molecular flexibility index (Phi) is 54.9. The van der Waals surface area contributed by atoms with E-state index in [1.807, 2.05) is 6.08 Å². The van der Waals surface area contributed by atoms with Gasteiger partial charge < -0.3 is 45.1 Å². The number of carbonyl (C=O) groups is 2. The highest BCUT2D eigenvalue weighted by molar-refractivity contribution is 5.80. The third-order valence-electron chi connectivity index (χ3n) is 16.2. The van der Waals surface area contributed by atoms with Gasteiger partial charge in [0.1, 0.15) is 24.4 Å². The van der Waals surface area contributed by atoms with Crippen LogP contribution in [0.15, 0.2) is 48.6 Å². The van der Waals surface area contributed by atoms with E-state index in [-0.39, 0.29) is 13.0 Å². The van der Waals surface area contributed by atoms with Gasteiger partial charge in [0.15, 0.2) is 12.4 Å². The number of rotatable bonds is 59. The molecule has 1 rings (SSSR count). The first kappa shape index (κ1) is 76.6. The maximum Gasteiger partial charge on any atom is 0.306 e. The van der Waals surface area contributed by atoms with Crippen molar-refractivity contribution in [3.05, 3.63) is 48.6 Å². The van der Waals surface area contributed by atoms with Crippen LogP contribution in [0, 0.1) is 0 Å². The minimum Gasteiger partial charge on any atom is -0.454 e. The number of hydrogen-bond acceptors (Lipinski definition) is 10. The summed E-state index contributed by atoms with van der Waals surface area (Å²) >= 11 is 0. The summed E-state index contributed by atoms with van der Waals surface area (Å²) in [7, 11) is 0. The molecule has 1 saturated heterocycles. The molecule has 0 aromatic heterocycles. The number of ether oxygens (including phenoxy) is 3. The van der Waals surface area contributed by atoms with E-state index >= 15 is 0 Å². The number of unbranched alkanes of at least 4 members (excludes halogenated alkanes) is 39. The summed E-state index contributed by atoms with van der Waals surface area (Å²) in [6.07, 6.45) is 61.6. The van der Waals surface area contributed by atoms with Gasteiger partial charge in [-0.1, -0.05) is 301 Å². The van der Waals surface area contributed by atoms with Gasteiger partial charge in [-0.15, -0.1) is 0 Å². The molecular weight excluding hydrogens is 1010 g/mol. The average molecular weight is 1140 g/mol. The maximum absolute atomic E-state index is 13.4. The summed E-state index contributed by atoms with van der Waals surface area (Å²) in [6, 6.07) is -1.02. The Morgan fingerprint density at radius 2 is 0.852 bits per heavy atom. The van der Waals surface area contributed by atoms with Crippen LogP contribution in [-0.4, -0.2) is 99.6 Å². The van der Waals surface area contributed by atoms with E-state index in [0.29, 0.717) is 19.3 Å². The predicted octanol–water partition coefficient (Wildman–Crippen LogP) is 17.2. The summed E-state index contributed by atoms with van der Waals surface area (Å²) in [6.45, 7) is 5.79. The number of amides is 1. The van der Waals surface area contributed by atoms with Crippen molar-refractivity contribution in [1.29, 1.82) is 0 Å². The molecule has 0 aromatic rings. The molecule has 1 fully saturated rings. The van der Waals surface area contributed by atoms with E-state index < -0.39 is 67.4 Å². The van der Waals surface area contributed by atoms with Gasteiger partial charge in [-0.05, 0) is 64.2 Å². The molecular formula is C70H129NO10. The van der Waals surface area contributed by atoms with Crippen LogP contribution in [0.2, 0.25) is 0 Å². The van der Waals surface area contributed by atoms with Gasteiger partial charge in [-0.25, -0.2) is 0 Å². The maximum atomic E-state index is 13.4. The standard InChI is InChI=1S/C70H129NO10/c1-4-7-10-13-16-19-22-24-26-27-28-29-30-31-32-33-34-35-36-37-38-40-43-46-49-52-55-58-65(75)81-68-67(77)66(76)64(59-72)80-70(68)79-60-61(62(73)56-53-50-47-44-41-21-18-15-12-9-6-3)71-69(78)63(74)57-54-51-48-45-42-39-25-23-20-17-14-11-8-5-2/h16,19,24,26,28-29,53,56,61-64,66-68,70,72-74,76-77H,4-15,17-18,20-23,25,27,30-52,54-55,57-60H2,1-3H3,(H,71,78)/b19-16-,26-24-,29-28-,56-53+. The first-order valence-electron chi connectivity index (χ1n) is 34.4. The van der Waals surface area contributed by atoms with E-state index in [9.17, 15) is 35.1 Å². The van der Waals surface area contributed by atoms with Gasteiger partial charge in [0, 0.05) is 6.42 Å². The molecule has 0 aliphatic carbocycles. The normalized spacial score (nSPS) is 18.9. The van der Waals surface area contributed by atoms with Crippen molar-refractivity contribution < 1.29 is 49.3 Å². The molecule has 0 bridgehead atoms. The van der Waals surface area contributed by atoms with Crippen molar-refractivity contribution >= 4 is 11.9 Å². The second-order valence-corrected chi connectivity index (χ2v) is 23.9. The Labute approximate surface area is 497 Å². The first-order chi connectivity index (χ1) is 39.7. The van der Waals surface area contributed by atoms with Crippen LogP contribution >= 0.6 is 0 Å². The first-order valence-corrected chi connectivity index (χ1v) is 34.4. The van der Waals surface area contributed by atoms with Crippen molar-refractivity contribution in [3.63, 3.8) is 0 Å². The molecule has 81 heavy (non-hydrogen) atoms. The molecule has 0 spiro atoms. The van der Waals surface area contributed by atoms with Gasteiger partial charge in [0.25, 0.3) is 0 Å². The number of aliphatic hydroxyl groups is 5. The number of hydrogen-bond donors (Lipinski definition) is 6. The Hall–Kier alpha value is -2.38. The number of carbonyl (C=O) groups excluding carboxylic acids is 2. The van der Waals surface area contributed by atoms with Gasteiger partial charge >= 0.3 is 5.97 Å². The summed E-state index contributed by atoms with van der Waals surface area (Å²) in [5.74, 6) is -1.18. The molecule has 0 saturated carbocycles. The molecule has 0 radical (unpaired) electrons. The van der Waals surface area contributed by atoms with Crippen LogP contribution in [0.3, 0.4) is 0 Å². The lowest BCUT2D eigenvalue weighted by molar-refractivity contribution is -0.305. The third kappa shape index (κ3) is 45.6. The zero-order valence-electron chi connectivity index (χ0n) is 52.7. The predicted molar refractivity (Wildman–Crippen MR) is 338 cm³/mol. The van der Waals surface area contributed by atoms with E-state index in [1.54, 1.807) is 6.08 Å². The van der Waals surface area contributed by atoms with Crippen molar-refractivity contribution in [2.45, 2.75) is 372 Å². The lowest BCUT2D eigenvalue weighted by atomic mass is 9.99. The highest BCUT2D eigenvalue weighted by Gasteiger charge is 2.47. The van der Waals surface area contributed by atoms with Gasteiger partial charge in [0.2, 0.25) is 5.91 Å². The molecule has 474 valence electrons. The molecule has 1 amide bonds. The zero-order valence-corrected chi connectivity index (χ0v) is 52.7. The van der Waals surface area contributed by atoms with Crippen LogP contribution in [0.5, 0.6) is 0 Å². The largest absolute Gasteiger partial charge is 0.454 e. The van der Waals surface area contributed by atoms with Crippen molar-refractivity contribution in [2.75, 3.05) is 13.2 Å². The van der Waals surface area contributed by atoms with Crippen molar-refractivity contribution in [1.82, 2.24) is 5.32 Å². The van der Waals surface area contributed by atoms with Crippen LogP contribution in [0.1, 0.15) is 323 Å². The second kappa shape index (κ2) is 58.0. The minimum atomic E-state index is -1.61. The van der Waals surface area contributed by atoms with Gasteiger partial charge in [0.05, 0.1) is 25.4 Å². The molecule has 1 heterocycles. The molecule has 6 N–H and O–H groups in total. The monoisotopic (exact) mass is 1140 g/mol. The molecule has 8 unspecified atom stereocenters. The Balaban J connectivity index is 2.52. The average Bonchev–Trinajstić information content (AvgIpc) is 3.49. The molecule has 1 aliphatic rings. The fourth-order valence-corrected chi connectivity index (χ4v) is 10.8. The molecule has 8 atom stereocenters. The van der Waals surface area contributed by atoms with Crippen molar-refractivity contribution in [3.8, 4) is 0 Å². The minimum absolute atomic E-state index is 0.125. The number of allylic oxidation sites excluding steroid dienone is 7. The fourth-order valence-electron chi connectivity index (χ4n) is 10.8. The Morgan fingerprint density at radius 3 is 1.30 bits per heavy atom. The van der Waals surface area contributed by atoms with Crippen molar-refractivity contribution in [2.24, 2.45) is 0 Å². The number of esters is 1. The summed E-state index contributed by atoms with van der Waals surface area (Å²) in [5, 5.41) is 57.1. The van der Waals surface area contributed by atoms with Gasteiger partial charge in [-0.3, -0.25) is 9.59 Å². The molecule has 11 nitrogen and oxygen atoms in total. The quantitative estimate of drug-likeness (QED) is 0.0195. The highest BCUT2D eigenvalue weighted by atomic mass is 16.7. The summed E-state index contributed by atoms with van der Waals surface area (Å²) in [5.41, 5.74) is 0. The molecule has 1 aliphatic heterocycles. The topological polar surface area (TPSA) is 175 Å². The number of nitrogens with one attached hydrogen (secondary N) is 1. The number of aliphatic hydroxyl groups excluding tert-OH is 5. The zero-order chi connectivity index (χ0) is 58.9. The van der Waals surface area contributed by atoms with E-state index in [4.69, 9.17) is 14.2 Å². The lowest BCUT2D eigenvalue weighted by Gasteiger charge is -2.41. The van der Waals surface area contributed by atoms with Crippen LogP contribution in [0.25, 0.3) is 0 Å². The summed E-state index contributed by atoms with van der Waals surface area (Å²) in [4.78, 5) is 26.6. The Morgan fingerprint density at radius 1 is 0.481 bits per heavy atom. The lowest BCUT2D eigenvalue weighted by Crippen LogP contribution is -2.61. The van der Waals surface area contributed by atoms with Crippen LogP contribution < -0.4 is 5.32 Å². The second-order valence-electron chi connectivity index (χ2n) is 23.9. The van der Waals surface area contributed by atoms with E-state index in [1.165, 1.54) is 205 Å². The fraction of sp³-hybridized carbons (Fsp3) is 0.857. The highest BCUT2D eigenvalue weighted by Crippen LogP contribution is 2.26. The SMILES string of the molecule is CCCCC/C=C\C/C=C\C/C=C\CCCCCCCCCCCCCCCCC(=O)OC1C(OCC(NC(=O)C(O)CCCCCCCCCCCCCCCC)C(O)/C=C/CCCCCCCCCCC)OC(CO)C(O)C1O. The van der Waals surface area contributed by atoms with Crippen LogP contribution in [0.4, 0.5) is 0 Å². The van der Waals surface area contributed by atoms with E-state index in [0.717, 1.165) is 70.6 Å². The molecule has 11 heteroatoms. The summed E-state index contributed by atoms with van der Waals surface area (Å²) < 4.78 is 17.7. The van der Waals surface area contributed by atoms with E-state index in [2.05, 4.69) is 62.5 Å². The third-order valence-corrected chi connectivity index (χ3v) is 16.2. The smallest absolute Gasteiger partial charge is 0.306 e. The Bertz CT molecular complexity index is 1500. The van der Waals surface area contributed by atoms with Crippen LogP contribution in [-0.2, 0) is 23.8 Å². The van der Waals surface area contributed by atoms with Gasteiger partial charge in [-0.2, -0.15) is 0 Å².